The van der Waals surface area contributed by atoms with Gasteiger partial charge in [0, 0.05) is 24.4 Å². The fourth-order valence-electron chi connectivity index (χ4n) is 2.02. The van der Waals surface area contributed by atoms with Gasteiger partial charge in [0.05, 0.1) is 19.8 Å². The predicted molar refractivity (Wildman–Crippen MR) is 88.2 cm³/mol. The molecule has 0 heterocycles. The second-order valence-corrected chi connectivity index (χ2v) is 4.78. The molecule has 6 nitrogen and oxygen atoms in total. The Morgan fingerprint density at radius 3 is 2.00 bits per heavy atom. The molecule has 2 aromatic carbocycles. The molecule has 6 heteroatoms. The number of anilines is 2. The number of hydrogen-bond donors (Lipinski definition) is 2. The maximum atomic E-state index is 12.4. The van der Waals surface area contributed by atoms with Gasteiger partial charge in [0.1, 0.15) is 11.5 Å². The van der Waals surface area contributed by atoms with E-state index < -0.39 is 0 Å². The van der Waals surface area contributed by atoms with Crippen LogP contribution in [0.4, 0.5) is 11.4 Å². The minimum Gasteiger partial charge on any atom is -0.497 e. The van der Waals surface area contributed by atoms with Crippen molar-refractivity contribution in [1.29, 1.82) is 0 Å². The van der Waals surface area contributed by atoms with Crippen LogP contribution in [0.15, 0.2) is 42.5 Å². The molecule has 2 N–H and O–H groups in total. The zero-order chi connectivity index (χ0) is 16.8. The molecule has 0 saturated heterocycles. The van der Waals surface area contributed by atoms with E-state index >= 15 is 0 Å². The number of methoxy groups -OCH3 is 2. The molecule has 0 spiro atoms. The van der Waals surface area contributed by atoms with Crippen LogP contribution in [0.2, 0.25) is 0 Å². The standard InChI is InChI=1S/C17H18N2O4/c1-11(20)18-12-4-6-13(7-5-12)19-17(21)15-9-8-14(22-2)10-16(15)23-3/h4-10H,1-3H3,(H,18,20)(H,19,21). The van der Waals surface area contributed by atoms with Gasteiger partial charge >= 0.3 is 0 Å². The summed E-state index contributed by atoms with van der Waals surface area (Å²) in [7, 11) is 3.04. The van der Waals surface area contributed by atoms with Crippen LogP contribution in [-0.2, 0) is 4.79 Å². The van der Waals surface area contributed by atoms with Crippen LogP contribution in [0.25, 0.3) is 0 Å². The van der Waals surface area contributed by atoms with Crippen LogP contribution in [0, 0.1) is 0 Å². The van der Waals surface area contributed by atoms with E-state index in [1.165, 1.54) is 14.0 Å². The molecule has 0 aliphatic heterocycles. The quantitative estimate of drug-likeness (QED) is 0.889. The van der Waals surface area contributed by atoms with Crippen molar-refractivity contribution < 1.29 is 19.1 Å². The first kappa shape index (κ1) is 16.4. The monoisotopic (exact) mass is 314 g/mol. The fraction of sp³-hybridized carbons (Fsp3) is 0.176. The molecule has 0 aliphatic rings. The van der Waals surface area contributed by atoms with E-state index in [-0.39, 0.29) is 11.8 Å². The molecule has 0 fully saturated rings. The average molecular weight is 314 g/mol. The zero-order valence-corrected chi connectivity index (χ0v) is 13.2. The molecule has 0 aliphatic carbocycles. The molecular formula is C17H18N2O4. The maximum Gasteiger partial charge on any atom is 0.259 e. The van der Waals surface area contributed by atoms with Gasteiger partial charge in [-0.1, -0.05) is 0 Å². The molecule has 0 saturated carbocycles. The first-order valence-corrected chi connectivity index (χ1v) is 6.94. The van der Waals surface area contributed by atoms with Crippen LogP contribution in [0.3, 0.4) is 0 Å². The van der Waals surface area contributed by atoms with Crippen LogP contribution in [0.1, 0.15) is 17.3 Å². The molecule has 0 unspecified atom stereocenters. The molecule has 0 atom stereocenters. The lowest BCUT2D eigenvalue weighted by atomic mass is 10.1. The first-order valence-electron chi connectivity index (χ1n) is 6.94. The third kappa shape index (κ3) is 4.23. The molecule has 0 aromatic heterocycles. The molecule has 23 heavy (non-hydrogen) atoms. The van der Waals surface area contributed by atoms with Crippen molar-refractivity contribution in [1.82, 2.24) is 0 Å². The van der Waals surface area contributed by atoms with E-state index in [1.807, 2.05) is 0 Å². The summed E-state index contributed by atoms with van der Waals surface area (Å²) in [4.78, 5) is 23.3. The summed E-state index contributed by atoms with van der Waals surface area (Å²) in [6.07, 6.45) is 0. The summed E-state index contributed by atoms with van der Waals surface area (Å²) in [6.45, 7) is 1.44. The summed E-state index contributed by atoms with van der Waals surface area (Å²) >= 11 is 0. The van der Waals surface area contributed by atoms with Gasteiger partial charge in [-0.25, -0.2) is 0 Å². The number of nitrogens with one attached hydrogen (secondary N) is 2. The van der Waals surface area contributed by atoms with Gasteiger partial charge in [0.15, 0.2) is 0 Å². The average Bonchev–Trinajstić information content (AvgIpc) is 2.55. The molecule has 120 valence electrons. The maximum absolute atomic E-state index is 12.4. The summed E-state index contributed by atoms with van der Waals surface area (Å²) in [5.74, 6) is 0.594. The van der Waals surface area contributed by atoms with Gasteiger partial charge in [-0.3, -0.25) is 9.59 Å². The molecular weight excluding hydrogens is 296 g/mol. The van der Waals surface area contributed by atoms with E-state index in [1.54, 1.807) is 49.6 Å². The largest absolute Gasteiger partial charge is 0.497 e. The van der Waals surface area contributed by atoms with E-state index in [2.05, 4.69) is 10.6 Å². The van der Waals surface area contributed by atoms with Crippen LogP contribution in [-0.4, -0.2) is 26.0 Å². The van der Waals surface area contributed by atoms with E-state index in [9.17, 15) is 9.59 Å². The van der Waals surface area contributed by atoms with E-state index in [0.29, 0.717) is 28.4 Å². The van der Waals surface area contributed by atoms with Gasteiger partial charge in [-0.2, -0.15) is 0 Å². The van der Waals surface area contributed by atoms with Crippen molar-refractivity contribution in [3.05, 3.63) is 48.0 Å². The Hall–Kier alpha value is -3.02. The fourth-order valence-corrected chi connectivity index (χ4v) is 2.02. The third-order valence-corrected chi connectivity index (χ3v) is 3.12. The summed E-state index contributed by atoms with van der Waals surface area (Å²) in [5, 5.41) is 5.44. The number of rotatable bonds is 5. The molecule has 2 rings (SSSR count). The van der Waals surface area contributed by atoms with Crippen molar-refractivity contribution >= 4 is 23.2 Å². The summed E-state index contributed by atoms with van der Waals surface area (Å²) in [6, 6.07) is 11.8. The highest BCUT2D eigenvalue weighted by Crippen LogP contribution is 2.25. The minimum absolute atomic E-state index is 0.148. The van der Waals surface area contributed by atoms with Crippen LogP contribution >= 0.6 is 0 Å². The predicted octanol–water partition coefficient (Wildman–Crippen LogP) is 2.91. The Bertz CT molecular complexity index is 711. The van der Waals surface area contributed by atoms with Crippen molar-refractivity contribution in [2.45, 2.75) is 6.92 Å². The third-order valence-electron chi connectivity index (χ3n) is 3.12. The highest BCUT2D eigenvalue weighted by atomic mass is 16.5. The van der Waals surface area contributed by atoms with Gasteiger partial charge in [-0.05, 0) is 36.4 Å². The smallest absolute Gasteiger partial charge is 0.259 e. The number of benzene rings is 2. The van der Waals surface area contributed by atoms with Gasteiger partial charge in [0.2, 0.25) is 5.91 Å². The van der Waals surface area contributed by atoms with E-state index in [0.717, 1.165) is 0 Å². The Morgan fingerprint density at radius 1 is 0.870 bits per heavy atom. The van der Waals surface area contributed by atoms with Crippen molar-refractivity contribution in [2.24, 2.45) is 0 Å². The zero-order valence-electron chi connectivity index (χ0n) is 13.2. The number of ether oxygens (including phenoxy) is 2. The topological polar surface area (TPSA) is 76.7 Å². The Kier molecular flexibility index (Phi) is 5.19. The second kappa shape index (κ2) is 7.31. The normalized spacial score (nSPS) is 9.87. The number of carbonyl (C=O) groups is 2. The molecule has 2 aromatic rings. The lowest BCUT2D eigenvalue weighted by molar-refractivity contribution is -0.114. The molecule has 0 radical (unpaired) electrons. The van der Waals surface area contributed by atoms with Crippen LogP contribution in [0.5, 0.6) is 11.5 Å². The van der Waals surface area contributed by atoms with Gasteiger partial charge in [0.25, 0.3) is 5.91 Å². The molecule has 0 bridgehead atoms. The number of carbonyl (C=O) groups excluding carboxylic acids is 2. The van der Waals surface area contributed by atoms with Crippen molar-refractivity contribution in [3.8, 4) is 11.5 Å². The number of hydrogen-bond acceptors (Lipinski definition) is 4. The SMILES string of the molecule is COc1ccc(C(=O)Nc2ccc(NC(C)=O)cc2)c(OC)c1. The highest BCUT2D eigenvalue weighted by Gasteiger charge is 2.13. The van der Waals surface area contributed by atoms with Crippen molar-refractivity contribution in [2.75, 3.05) is 24.9 Å². The number of amides is 2. The minimum atomic E-state index is -0.295. The summed E-state index contributed by atoms with van der Waals surface area (Å²) < 4.78 is 10.3. The first-order chi connectivity index (χ1) is 11.0. The van der Waals surface area contributed by atoms with E-state index in [4.69, 9.17) is 9.47 Å². The Morgan fingerprint density at radius 2 is 1.48 bits per heavy atom. The van der Waals surface area contributed by atoms with Crippen LogP contribution < -0.4 is 20.1 Å². The Balaban J connectivity index is 2.14. The lowest BCUT2D eigenvalue weighted by Crippen LogP contribution is -2.13. The lowest BCUT2D eigenvalue weighted by Gasteiger charge is -2.11. The van der Waals surface area contributed by atoms with Gasteiger partial charge < -0.3 is 20.1 Å². The summed E-state index contributed by atoms with van der Waals surface area (Å²) in [5.41, 5.74) is 1.68. The van der Waals surface area contributed by atoms with Crippen molar-refractivity contribution in [3.63, 3.8) is 0 Å². The second-order valence-electron chi connectivity index (χ2n) is 4.78. The molecule has 2 amide bonds. The highest BCUT2D eigenvalue weighted by molar-refractivity contribution is 6.06. The Labute approximate surface area is 134 Å². The van der Waals surface area contributed by atoms with Gasteiger partial charge in [-0.15, -0.1) is 0 Å².